The molecule has 0 radical (unpaired) electrons. The first-order chi connectivity index (χ1) is 9.47. The summed E-state index contributed by atoms with van der Waals surface area (Å²) < 4.78 is 40.4. The molecule has 21 heavy (non-hydrogen) atoms. The molecule has 110 valence electrons. The standard InChI is InChI=1S/C13H9F3N4.ClH/c14-13(15,16)9-4-2-1-3-8(9)11-5-6-20-12(19-11)10(17)7-18-20;/h1-7H,17H2;1H. The lowest BCUT2D eigenvalue weighted by atomic mass is 10.0. The number of fused-ring (bicyclic) bond motifs is 1. The lowest BCUT2D eigenvalue weighted by Gasteiger charge is -2.12. The van der Waals surface area contributed by atoms with E-state index in [4.69, 9.17) is 5.73 Å². The molecular weight excluding hydrogens is 305 g/mol. The van der Waals surface area contributed by atoms with Gasteiger partial charge in [0.1, 0.15) is 0 Å². The molecule has 0 saturated carbocycles. The Morgan fingerprint density at radius 1 is 1.10 bits per heavy atom. The van der Waals surface area contributed by atoms with Crippen LogP contribution in [-0.4, -0.2) is 14.6 Å². The van der Waals surface area contributed by atoms with Crippen LogP contribution < -0.4 is 5.73 Å². The molecule has 0 aliphatic heterocycles. The minimum absolute atomic E-state index is 0. The van der Waals surface area contributed by atoms with Crippen molar-refractivity contribution in [2.75, 3.05) is 5.73 Å². The third-order valence-electron chi connectivity index (χ3n) is 2.90. The van der Waals surface area contributed by atoms with Crippen molar-refractivity contribution < 1.29 is 13.2 Å². The highest BCUT2D eigenvalue weighted by molar-refractivity contribution is 5.85. The van der Waals surface area contributed by atoms with Crippen LogP contribution in [0.25, 0.3) is 16.9 Å². The number of alkyl halides is 3. The molecule has 3 rings (SSSR count). The van der Waals surface area contributed by atoms with E-state index in [0.29, 0.717) is 11.3 Å². The van der Waals surface area contributed by atoms with E-state index in [1.54, 1.807) is 0 Å². The smallest absolute Gasteiger partial charge is 0.394 e. The molecule has 0 spiro atoms. The molecule has 0 atom stereocenters. The second-order valence-electron chi connectivity index (χ2n) is 4.22. The number of nitrogen functional groups attached to an aromatic ring is 1. The average Bonchev–Trinajstić information content (AvgIpc) is 2.79. The van der Waals surface area contributed by atoms with Gasteiger partial charge >= 0.3 is 6.18 Å². The topological polar surface area (TPSA) is 56.2 Å². The normalized spacial score (nSPS) is 11.4. The highest BCUT2D eigenvalue weighted by atomic mass is 35.5. The highest BCUT2D eigenvalue weighted by Crippen LogP contribution is 2.36. The number of hydrogen-bond donors (Lipinski definition) is 1. The van der Waals surface area contributed by atoms with Gasteiger partial charge in [-0.15, -0.1) is 12.4 Å². The predicted octanol–water partition coefficient (Wildman–Crippen LogP) is 3.42. The van der Waals surface area contributed by atoms with E-state index < -0.39 is 11.7 Å². The molecule has 0 fully saturated rings. The summed E-state index contributed by atoms with van der Waals surface area (Å²) in [4.78, 5) is 4.15. The zero-order chi connectivity index (χ0) is 14.3. The van der Waals surface area contributed by atoms with E-state index >= 15 is 0 Å². The molecular formula is C13H10ClF3N4. The quantitative estimate of drug-likeness (QED) is 0.749. The lowest BCUT2D eigenvalue weighted by molar-refractivity contribution is -0.137. The van der Waals surface area contributed by atoms with Gasteiger partial charge in [0.05, 0.1) is 23.1 Å². The molecule has 4 nitrogen and oxygen atoms in total. The lowest BCUT2D eigenvalue weighted by Crippen LogP contribution is -2.07. The van der Waals surface area contributed by atoms with Gasteiger partial charge in [0.15, 0.2) is 5.65 Å². The summed E-state index contributed by atoms with van der Waals surface area (Å²) in [6.45, 7) is 0. The van der Waals surface area contributed by atoms with Crippen molar-refractivity contribution in [2.24, 2.45) is 0 Å². The molecule has 2 aromatic heterocycles. The molecule has 0 aliphatic rings. The molecule has 2 N–H and O–H groups in total. The van der Waals surface area contributed by atoms with Crippen molar-refractivity contribution in [1.29, 1.82) is 0 Å². The van der Waals surface area contributed by atoms with Crippen molar-refractivity contribution in [1.82, 2.24) is 14.6 Å². The van der Waals surface area contributed by atoms with E-state index in [9.17, 15) is 13.2 Å². The number of anilines is 1. The van der Waals surface area contributed by atoms with Gasteiger partial charge in [-0.2, -0.15) is 18.3 Å². The SMILES string of the molecule is Cl.Nc1cnn2ccc(-c3ccccc3C(F)(F)F)nc12. The molecule has 1 aromatic carbocycles. The minimum atomic E-state index is -4.43. The summed E-state index contributed by atoms with van der Waals surface area (Å²) in [5.74, 6) is 0. The van der Waals surface area contributed by atoms with Gasteiger partial charge in [0, 0.05) is 11.8 Å². The maximum absolute atomic E-state index is 13.0. The Balaban J connectivity index is 0.00000161. The largest absolute Gasteiger partial charge is 0.417 e. The molecule has 2 heterocycles. The van der Waals surface area contributed by atoms with Crippen LogP contribution in [-0.2, 0) is 6.18 Å². The van der Waals surface area contributed by atoms with Crippen molar-refractivity contribution in [3.8, 4) is 11.3 Å². The van der Waals surface area contributed by atoms with Crippen LogP contribution >= 0.6 is 12.4 Å². The number of nitrogens with zero attached hydrogens (tertiary/aromatic N) is 3. The predicted molar refractivity (Wildman–Crippen MR) is 75.1 cm³/mol. The maximum Gasteiger partial charge on any atom is 0.417 e. The van der Waals surface area contributed by atoms with E-state index in [-0.39, 0.29) is 23.7 Å². The van der Waals surface area contributed by atoms with E-state index in [2.05, 4.69) is 10.1 Å². The Morgan fingerprint density at radius 2 is 1.81 bits per heavy atom. The summed E-state index contributed by atoms with van der Waals surface area (Å²) >= 11 is 0. The van der Waals surface area contributed by atoms with Gasteiger partial charge in [-0.1, -0.05) is 18.2 Å². The second kappa shape index (κ2) is 5.25. The van der Waals surface area contributed by atoms with Crippen molar-refractivity contribution in [2.45, 2.75) is 6.18 Å². The Bertz CT molecular complexity index is 782. The molecule has 0 unspecified atom stereocenters. The van der Waals surface area contributed by atoms with Crippen LogP contribution in [0.3, 0.4) is 0 Å². The Hall–Kier alpha value is -2.28. The van der Waals surface area contributed by atoms with Crippen LogP contribution in [0.1, 0.15) is 5.56 Å². The van der Waals surface area contributed by atoms with Crippen LogP contribution in [0.5, 0.6) is 0 Å². The van der Waals surface area contributed by atoms with E-state index in [1.807, 2.05) is 0 Å². The fraction of sp³-hybridized carbons (Fsp3) is 0.0769. The average molecular weight is 315 g/mol. The van der Waals surface area contributed by atoms with Crippen molar-refractivity contribution in [3.05, 3.63) is 48.3 Å². The van der Waals surface area contributed by atoms with Gasteiger partial charge in [0.25, 0.3) is 0 Å². The Kier molecular flexibility index (Phi) is 3.78. The molecule has 0 bridgehead atoms. The third kappa shape index (κ3) is 2.64. The fourth-order valence-electron chi connectivity index (χ4n) is 1.99. The number of aromatic nitrogens is 3. The molecule has 0 amide bonds. The molecule has 8 heteroatoms. The summed E-state index contributed by atoms with van der Waals surface area (Å²) in [5.41, 5.74) is 5.82. The van der Waals surface area contributed by atoms with Gasteiger partial charge in [-0.05, 0) is 12.1 Å². The monoisotopic (exact) mass is 314 g/mol. The summed E-state index contributed by atoms with van der Waals surface area (Å²) in [7, 11) is 0. The Labute approximate surface area is 123 Å². The van der Waals surface area contributed by atoms with Crippen LogP contribution in [0.2, 0.25) is 0 Å². The van der Waals surface area contributed by atoms with Crippen molar-refractivity contribution in [3.63, 3.8) is 0 Å². The summed E-state index contributed by atoms with van der Waals surface area (Å²) in [6, 6.07) is 6.77. The number of benzene rings is 1. The van der Waals surface area contributed by atoms with Crippen LogP contribution in [0.15, 0.2) is 42.7 Å². The first-order valence-corrected chi connectivity index (χ1v) is 5.73. The highest BCUT2D eigenvalue weighted by Gasteiger charge is 2.33. The molecule has 0 saturated heterocycles. The number of hydrogen-bond acceptors (Lipinski definition) is 3. The zero-order valence-corrected chi connectivity index (χ0v) is 11.3. The molecule has 3 aromatic rings. The van der Waals surface area contributed by atoms with Gasteiger partial charge in [-0.3, -0.25) is 0 Å². The number of halogens is 4. The van der Waals surface area contributed by atoms with Crippen molar-refractivity contribution >= 4 is 23.7 Å². The first kappa shape index (κ1) is 15.1. The van der Waals surface area contributed by atoms with Gasteiger partial charge in [0.2, 0.25) is 0 Å². The van der Waals surface area contributed by atoms with E-state index in [0.717, 1.165) is 6.07 Å². The molecule has 0 aliphatic carbocycles. The van der Waals surface area contributed by atoms with Crippen LogP contribution in [0.4, 0.5) is 18.9 Å². The number of nitrogens with two attached hydrogens (primary N) is 1. The zero-order valence-electron chi connectivity index (χ0n) is 10.5. The van der Waals surface area contributed by atoms with E-state index in [1.165, 1.54) is 41.2 Å². The van der Waals surface area contributed by atoms with Crippen LogP contribution in [0, 0.1) is 0 Å². The van der Waals surface area contributed by atoms with Gasteiger partial charge in [-0.25, -0.2) is 9.50 Å². The first-order valence-electron chi connectivity index (χ1n) is 5.73. The second-order valence-corrected chi connectivity index (χ2v) is 4.22. The summed E-state index contributed by atoms with van der Waals surface area (Å²) in [5, 5.41) is 3.93. The summed E-state index contributed by atoms with van der Waals surface area (Å²) in [6.07, 6.45) is -1.50. The maximum atomic E-state index is 13.0. The minimum Gasteiger partial charge on any atom is -0.394 e. The third-order valence-corrected chi connectivity index (χ3v) is 2.90. The van der Waals surface area contributed by atoms with Gasteiger partial charge < -0.3 is 5.73 Å². The number of rotatable bonds is 1. The Morgan fingerprint density at radius 3 is 2.52 bits per heavy atom. The fourth-order valence-corrected chi connectivity index (χ4v) is 1.99.